The first kappa shape index (κ1) is 12.9. The van der Waals surface area contributed by atoms with Gasteiger partial charge in [0, 0.05) is 31.6 Å². The maximum Gasteiger partial charge on any atom is 0.111 e. The lowest BCUT2D eigenvalue weighted by Gasteiger charge is -2.26. The number of aromatic nitrogens is 2. The minimum atomic E-state index is 0.498. The first-order chi connectivity index (χ1) is 9.31. The average molecular weight is 279 g/mol. The molecule has 102 valence electrons. The molecule has 1 aromatic carbocycles. The van der Waals surface area contributed by atoms with Crippen molar-refractivity contribution >= 4 is 22.6 Å². The lowest BCUT2D eigenvalue weighted by atomic mass is 10.1. The number of hydrogen-bond acceptors (Lipinski definition) is 2. The molecule has 1 fully saturated rings. The number of rotatable bonds is 3. The van der Waals surface area contributed by atoms with Crippen molar-refractivity contribution in [1.82, 2.24) is 9.55 Å². The van der Waals surface area contributed by atoms with E-state index in [0.29, 0.717) is 11.9 Å². The summed E-state index contributed by atoms with van der Waals surface area (Å²) in [7, 11) is 0. The molecule has 4 heteroatoms. The van der Waals surface area contributed by atoms with Crippen LogP contribution >= 0.6 is 11.6 Å². The first-order valence-electron chi connectivity index (χ1n) is 6.91. The number of alkyl halides is 1. The Hall–Kier alpha value is -1.06. The fourth-order valence-electron chi connectivity index (χ4n) is 2.97. The van der Waals surface area contributed by atoms with Crippen LogP contribution in [0.5, 0.6) is 0 Å². The normalized spacial score (nSPS) is 17.2. The molecular formula is C15H19ClN2O. The predicted molar refractivity (Wildman–Crippen MR) is 78.0 cm³/mol. The molecule has 0 unspecified atom stereocenters. The second-order valence-corrected chi connectivity index (χ2v) is 5.50. The number of nitrogens with zero attached hydrogens (tertiary/aromatic N) is 2. The van der Waals surface area contributed by atoms with Crippen molar-refractivity contribution in [2.45, 2.75) is 32.2 Å². The Balaban J connectivity index is 2.14. The van der Waals surface area contributed by atoms with Crippen LogP contribution in [0.4, 0.5) is 0 Å². The number of benzene rings is 1. The molecule has 1 aromatic heterocycles. The van der Waals surface area contributed by atoms with E-state index in [2.05, 4.69) is 29.7 Å². The summed E-state index contributed by atoms with van der Waals surface area (Å²) >= 11 is 5.94. The lowest BCUT2D eigenvalue weighted by molar-refractivity contribution is 0.0699. The van der Waals surface area contributed by atoms with E-state index in [1.165, 1.54) is 11.1 Å². The molecule has 2 heterocycles. The zero-order chi connectivity index (χ0) is 13.2. The van der Waals surface area contributed by atoms with Crippen LogP contribution < -0.4 is 0 Å². The van der Waals surface area contributed by atoms with E-state index in [4.69, 9.17) is 21.3 Å². The Kier molecular flexibility index (Phi) is 3.76. The van der Waals surface area contributed by atoms with E-state index in [0.717, 1.165) is 43.8 Å². The topological polar surface area (TPSA) is 27.1 Å². The molecule has 1 aliphatic heterocycles. The number of aryl methyl sites for hydroxylation is 2. The van der Waals surface area contributed by atoms with Gasteiger partial charge in [0.2, 0.25) is 0 Å². The Morgan fingerprint density at radius 3 is 2.89 bits per heavy atom. The van der Waals surface area contributed by atoms with Crippen molar-refractivity contribution < 1.29 is 4.74 Å². The van der Waals surface area contributed by atoms with Gasteiger partial charge in [-0.05, 0) is 31.4 Å². The van der Waals surface area contributed by atoms with Gasteiger partial charge >= 0.3 is 0 Å². The average Bonchev–Trinajstić information content (AvgIpc) is 2.80. The largest absolute Gasteiger partial charge is 0.381 e. The van der Waals surface area contributed by atoms with Crippen molar-refractivity contribution in [2.24, 2.45) is 0 Å². The lowest BCUT2D eigenvalue weighted by Crippen LogP contribution is -2.21. The number of ether oxygens (including phenoxy) is 1. The van der Waals surface area contributed by atoms with E-state index >= 15 is 0 Å². The van der Waals surface area contributed by atoms with Crippen LogP contribution in [0.15, 0.2) is 18.2 Å². The summed E-state index contributed by atoms with van der Waals surface area (Å²) in [5.41, 5.74) is 3.65. The molecule has 0 radical (unpaired) electrons. The summed E-state index contributed by atoms with van der Waals surface area (Å²) in [6.07, 6.45) is 2.96. The second-order valence-electron chi connectivity index (χ2n) is 5.12. The molecule has 0 aliphatic carbocycles. The van der Waals surface area contributed by atoms with E-state index < -0.39 is 0 Å². The molecule has 1 saturated heterocycles. The quantitative estimate of drug-likeness (QED) is 0.804. The Labute approximate surface area is 118 Å². The molecule has 0 bridgehead atoms. The summed E-state index contributed by atoms with van der Waals surface area (Å²) < 4.78 is 7.89. The number of hydrogen-bond donors (Lipinski definition) is 0. The summed E-state index contributed by atoms with van der Waals surface area (Å²) in [5.74, 6) is 1.73. The predicted octanol–water partition coefficient (Wildman–Crippen LogP) is 3.48. The second kappa shape index (κ2) is 5.51. The van der Waals surface area contributed by atoms with E-state index in [-0.39, 0.29) is 0 Å². The first-order valence-corrected chi connectivity index (χ1v) is 7.45. The van der Waals surface area contributed by atoms with Crippen LogP contribution in [0.1, 0.15) is 30.3 Å². The van der Waals surface area contributed by atoms with Crippen LogP contribution in [0.25, 0.3) is 11.0 Å². The summed E-state index contributed by atoms with van der Waals surface area (Å²) in [5, 5.41) is 0. The third kappa shape index (κ3) is 2.37. The fourth-order valence-corrected chi connectivity index (χ4v) is 3.14. The maximum absolute atomic E-state index is 5.94. The highest BCUT2D eigenvalue weighted by molar-refractivity contribution is 6.17. The van der Waals surface area contributed by atoms with Gasteiger partial charge < -0.3 is 9.30 Å². The van der Waals surface area contributed by atoms with Crippen molar-refractivity contribution in [3.05, 3.63) is 29.6 Å². The number of para-hydroxylation sites is 1. The standard InChI is InChI=1S/C15H19ClN2O/c1-11-3-2-4-13-15(11)18(14(17-13)5-8-16)12-6-9-19-10-7-12/h2-4,12H,5-10H2,1H3. The molecule has 0 atom stereocenters. The van der Waals surface area contributed by atoms with Gasteiger partial charge in [0.25, 0.3) is 0 Å². The van der Waals surface area contributed by atoms with E-state index in [9.17, 15) is 0 Å². The molecule has 0 spiro atoms. The minimum absolute atomic E-state index is 0.498. The molecule has 0 N–H and O–H groups in total. The summed E-state index contributed by atoms with van der Waals surface area (Å²) in [4.78, 5) is 4.78. The van der Waals surface area contributed by atoms with E-state index in [1.54, 1.807) is 0 Å². The molecule has 3 rings (SSSR count). The van der Waals surface area contributed by atoms with Crippen LogP contribution in [0.2, 0.25) is 0 Å². The Bertz CT molecular complexity index is 573. The SMILES string of the molecule is Cc1cccc2nc(CCCl)n(C3CCOCC3)c12. The van der Waals surface area contributed by atoms with Crippen LogP contribution in [-0.4, -0.2) is 28.6 Å². The highest BCUT2D eigenvalue weighted by Gasteiger charge is 2.22. The van der Waals surface area contributed by atoms with Gasteiger partial charge in [-0.3, -0.25) is 0 Å². The molecule has 19 heavy (non-hydrogen) atoms. The molecule has 2 aromatic rings. The van der Waals surface area contributed by atoms with E-state index in [1.807, 2.05) is 0 Å². The molecule has 1 aliphatic rings. The number of fused-ring (bicyclic) bond motifs is 1. The minimum Gasteiger partial charge on any atom is -0.381 e. The van der Waals surface area contributed by atoms with Crippen molar-refractivity contribution in [3.63, 3.8) is 0 Å². The Morgan fingerprint density at radius 1 is 1.37 bits per heavy atom. The van der Waals surface area contributed by atoms with Crippen molar-refractivity contribution in [2.75, 3.05) is 19.1 Å². The third-order valence-electron chi connectivity index (χ3n) is 3.86. The summed E-state index contributed by atoms with van der Waals surface area (Å²) in [6.45, 7) is 3.84. The van der Waals surface area contributed by atoms with Gasteiger partial charge in [-0.2, -0.15) is 0 Å². The zero-order valence-electron chi connectivity index (χ0n) is 11.2. The van der Waals surface area contributed by atoms with Gasteiger partial charge in [0.05, 0.1) is 11.0 Å². The van der Waals surface area contributed by atoms with Gasteiger partial charge in [-0.15, -0.1) is 11.6 Å². The maximum atomic E-state index is 5.94. The highest BCUT2D eigenvalue weighted by Crippen LogP contribution is 2.30. The summed E-state index contributed by atoms with van der Waals surface area (Å²) in [6, 6.07) is 6.82. The van der Waals surface area contributed by atoms with Crippen LogP contribution in [0, 0.1) is 6.92 Å². The third-order valence-corrected chi connectivity index (χ3v) is 4.05. The van der Waals surface area contributed by atoms with Crippen molar-refractivity contribution in [1.29, 1.82) is 0 Å². The highest BCUT2D eigenvalue weighted by atomic mass is 35.5. The van der Waals surface area contributed by atoms with Crippen LogP contribution in [0.3, 0.4) is 0 Å². The molecule has 0 saturated carbocycles. The molecule has 0 amide bonds. The number of imidazole rings is 1. The zero-order valence-corrected chi connectivity index (χ0v) is 12.0. The van der Waals surface area contributed by atoms with Gasteiger partial charge in [0.1, 0.15) is 5.82 Å². The molecule has 3 nitrogen and oxygen atoms in total. The number of halogens is 1. The van der Waals surface area contributed by atoms with Crippen molar-refractivity contribution in [3.8, 4) is 0 Å². The monoisotopic (exact) mass is 278 g/mol. The Morgan fingerprint density at radius 2 is 2.16 bits per heavy atom. The fraction of sp³-hybridized carbons (Fsp3) is 0.533. The van der Waals surface area contributed by atoms with Gasteiger partial charge in [-0.25, -0.2) is 4.98 Å². The van der Waals surface area contributed by atoms with Crippen LogP contribution in [-0.2, 0) is 11.2 Å². The smallest absolute Gasteiger partial charge is 0.111 e. The van der Waals surface area contributed by atoms with Gasteiger partial charge in [-0.1, -0.05) is 12.1 Å². The molecular weight excluding hydrogens is 260 g/mol. The van der Waals surface area contributed by atoms with Gasteiger partial charge in [0.15, 0.2) is 0 Å².